The normalized spacial score (nSPS) is 12.2. The van der Waals surface area contributed by atoms with Gasteiger partial charge in [0.1, 0.15) is 18.2 Å². The largest absolute Gasteiger partial charge is 0.489 e. The van der Waals surface area contributed by atoms with Crippen molar-refractivity contribution < 1.29 is 17.9 Å². The Morgan fingerprint density at radius 2 is 1.74 bits per heavy atom. The second kappa shape index (κ2) is 5.75. The predicted octanol–water partition coefficient (Wildman–Crippen LogP) is 3.18. The smallest absolute Gasteiger partial charge is 0.165 e. The highest BCUT2D eigenvalue weighted by Gasteiger charge is 2.14. The summed E-state index contributed by atoms with van der Waals surface area (Å²) in [5, 5.41) is 0. The zero-order valence-electron chi connectivity index (χ0n) is 9.95. The molecule has 1 unspecified atom stereocenters. The van der Waals surface area contributed by atoms with E-state index in [1.807, 2.05) is 0 Å². The highest BCUT2D eigenvalue weighted by Crippen LogP contribution is 2.20. The zero-order valence-corrected chi connectivity index (χ0v) is 9.95. The van der Waals surface area contributed by atoms with Crippen molar-refractivity contribution in [2.24, 2.45) is 5.73 Å². The molecule has 0 heterocycles. The van der Waals surface area contributed by atoms with Crippen LogP contribution >= 0.6 is 0 Å². The van der Waals surface area contributed by atoms with Crippen LogP contribution in [0.3, 0.4) is 0 Å². The lowest BCUT2D eigenvalue weighted by molar-refractivity contribution is 0.274. The molecule has 2 aromatic carbocycles. The predicted molar refractivity (Wildman–Crippen MR) is 65.2 cm³/mol. The maximum atomic E-state index is 13.4. The Hall–Kier alpha value is -2.01. The number of para-hydroxylation sites is 1. The first-order valence-corrected chi connectivity index (χ1v) is 5.66. The molecule has 0 fully saturated rings. The molecule has 2 N–H and O–H groups in total. The number of nitrogens with two attached hydrogens (primary N) is 1. The molecule has 0 radical (unpaired) electrons. The summed E-state index contributed by atoms with van der Waals surface area (Å²) in [6.45, 7) is -0.151. The lowest BCUT2D eigenvalue weighted by Crippen LogP contribution is -2.20. The van der Waals surface area contributed by atoms with Crippen LogP contribution in [0.15, 0.2) is 42.5 Å². The van der Waals surface area contributed by atoms with Gasteiger partial charge in [0.25, 0.3) is 0 Å². The molecule has 100 valence electrons. The monoisotopic (exact) mass is 267 g/mol. The van der Waals surface area contributed by atoms with Gasteiger partial charge < -0.3 is 10.5 Å². The number of hydrogen-bond acceptors (Lipinski definition) is 2. The van der Waals surface area contributed by atoms with Crippen molar-refractivity contribution in [3.63, 3.8) is 0 Å². The first-order valence-electron chi connectivity index (χ1n) is 5.66. The van der Waals surface area contributed by atoms with Crippen LogP contribution < -0.4 is 10.5 Å². The van der Waals surface area contributed by atoms with Crippen LogP contribution in [0, 0.1) is 17.5 Å². The third kappa shape index (κ3) is 3.26. The Labute approximate surface area is 108 Å². The Morgan fingerprint density at radius 3 is 2.47 bits per heavy atom. The Morgan fingerprint density at radius 1 is 1.00 bits per heavy atom. The van der Waals surface area contributed by atoms with Crippen molar-refractivity contribution in [3.8, 4) is 5.75 Å². The quantitative estimate of drug-likeness (QED) is 0.923. The highest BCUT2D eigenvalue weighted by atomic mass is 19.1. The van der Waals surface area contributed by atoms with E-state index < -0.39 is 23.5 Å². The van der Waals surface area contributed by atoms with Crippen molar-refractivity contribution in [3.05, 3.63) is 65.5 Å². The van der Waals surface area contributed by atoms with Crippen molar-refractivity contribution in [1.82, 2.24) is 0 Å². The summed E-state index contributed by atoms with van der Waals surface area (Å²) in [4.78, 5) is 0. The third-order valence-corrected chi connectivity index (χ3v) is 2.61. The molecule has 2 aromatic rings. The molecule has 19 heavy (non-hydrogen) atoms. The molecule has 5 heteroatoms. The van der Waals surface area contributed by atoms with Gasteiger partial charge in [-0.25, -0.2) is 13.2 Å². The lowest BCUT2D eigenvalue weighted by Gasteiger charge is -2.14. The van der Waals surface area contributed by atoms with Crippen LogP contribution in [0.4, 0.5) is 13.2 Å². The number of ether oxygens (including phenoxy) is 1. The lowest BCUT2D eigenvalue weighted by atomic mass is 10.1. The maximum absolute atomic E-state index is 13.4. The van der Waals surface area contributed by atoms with Gasteiger partial charge in [0.05, 0.1) is 6.04 Å². The molecule has 2 rings (SSSR count). The minimum atomic E-state index is -0.879. The highest BCUT2D eigenvalue weighted by molar-refractivity contribution is 5.25. The van der Waals surface area contributed by atoms with E-state index >= 15 is 0 Å². The number of hydrogen-bond donors (Lipinski definition) is 1. The van der Waals surface area contributed by atoms with Crippen LogP contribution in [0.2, 0.25) is 0 Å². The van der Waals surface area contributed by atoms with Crippen molar-refractivity contribution in [2.45, 2.75) is 6.04 Å². The molecule has 0 aromatic heterocycles. The van der Waals surface area contributed by atoms with Crippen LogP contribution in [-0.2, 0) is 0 Å². The molecule has 0 saturated heterocycles. The van der Waals surface area contributed by atoms with E-state index in [0.29, 0.717) is 0 Å². The first-order chi connectivity index (χ1) is 9.08. The average Bonchev–Trinajstić information content (AvgIpc) is 2.40. The Kier molecular flexibility index (Phi) is 4.06. The fourth-order valence-corrected chi connectivity index (χ4v) is 1.63. The Bertz CT molecular complexity index is 574. The fourth-order valence-electron chi connectivity index (χ4n) is 1.63. The van der Waals surface area contributed by atoms with E-state index in [0.717, 1.165) is 18.2 Å². The molecule has 0 bridgehead atoms. The third-order valence-electron chi connectivity index (χ3n) is 2.61. The van der Waals surface area contributed by atoms with Gasteiger partial charge in [0, 0.05) is 5.56 Å². The van der Waals surface area contributed by atoms with E-state index in [2.05, 4.69) is 0 Å². The van der Waals surface area contributed by atoms with Gasteiger partial charge in [0.15, 0.2) is 11.6 Å². The summed E-state index contributed by atoms with van der Waals surface area (Å²) in [6, 6.07) is 7.92. The number of benzene rings is 2. The summed E-state index contributed by atoms with van der Waals surface area (Å²) in [5.41, 5.74) is 5.71. The molecule has 0 amide bonds. The SMILES string of the molecule is NC(COc1ccccc1F)c1cc(F)ccc1F. The number of halogens is 3. The van der Waals surface area contributed by atoms with E-state index in [1.165, 1.54) is 18.2 Å². The summed E-state index contributed by atoms with van der Waals surface area (Å²) in [5.74, 6) is -1.71. The van der Waals surface area contributed by atoms with Crippen molar-refractivity contribution >= 4 is 0 Å². The topological polar surface area (TPSA) is 35.2 Å². The Balaban J connectivity index is 2.07. The van der Waals surface area contributed by atoms with Crippen LogP contribution in [0.25, 0.3) is 0 Å². The summed E-state index contributed by atoms with van der Waals surface area (Å²) >= 11 is 0. The molecule has 0 aliphatic carbocycles. The second-order valence-electron chi connectivity index (χ2n) is 4.01. The molecule has 0 aliphatic heterocycles. The molecular weight excluding hydrogens is 255 g/mol. The molecule has 0 spiro atoms. The van der Waals surface area contributed by atoms with Gasteiger partial charge in [-0.3, -0.25) is 0 Å². The van der Waals surface area contributed by atoms with Crippen LogP contribution in [0.5, 0.6) is 5.75 Å². The molecule has 2 nitrogen and oxygen atoms in total. The van der Waals surface area contributed by atoms with E-state index in [1.54, 1.807) is 6.07 Å². The van der Waals surface area contributed by atoms with Crippen molar-refractivity contribution in [1.29, 1.82) is 0 Å². The van der Waals surface area contributed by atoms with Gasteiger partial charge >= 0.3 is 0 Å². The zero-order chi connectivity index (χ0) is 13.8. The summed E-state index contributed by atoms with van der Waals surface area (Å²) in [6.07, 6.45) is 0. The minimum Gasteiger partial charge on any atom is -0.489 e. The maximum Gasteiger partial charge on any atom is 0.165 e. The van der Waals surface area contributed by atoms with Crippen molar-refractivity contribution in [2.75, 3.05) is 6.61 Å². The summed E-state index contributed by atoms with van der Waals surface area (Å²) in [7, 11) is 0. The molecule has 0 saturated carbocycles. The van der Waals surface area contributed by atoms with Gasteiger partial charge in [-0.1, -0.05) is 12.1 Å². The first kappa shape index (κ1) is 13.4. The molecule has 1 atom stereocenters. The van der Waals surface area contributed by atoms with Gasteiger partial charge in [-0.05, 0) is 30.3 Å². The standard InChI is InChI=1S/C14H12F3NO/c15-9-5-6-11(16)10(7-9)13(18)8-19-14-4-2-1-3-12(14)17/h1-7,13H,8,18H2. The van der Waals surface area contributed by atoms with E-state index in [4.69, 9.17) is 10.5 Å². The molecular formula is C14H12F3NO. The van der Waals surface area contributed by atoms with Crippen LogP contribution in [-0.4, -0.2) is 6.61 Å². The van der Waals surface area contributed by atoms with Gasteiger partial charge in [-0.15, -0.1) is 0 Å². The fraction of sp³-hybridized carbons (Fsp3) is 0.143. The van der Waals surface area contributed by atoms with Crippen LogP contribution in [0.1, 0.15) is 11.6 Å². The van der Waals surface area contributed by atoms with E-state index in [-0.39, 0.29) is 17.9 Å². The number of rotatable bonds is 4. The van der Waals surface area contributed by atoms with E-state index in [9.17, 15) is 13.2 Å². The summed E-state index contributed by atoms with van der Waals surface area (Å²) < 4.78 is 44.9. The van der Waals surface area contributed by atoms with Gasteiger partial charge in [-0.2, -0.15) is 0 Å². The van der Waals surface area contributed by atoms with Gasteiger partial charge in [0.2, 0.25) is 0 Å². The average molecular weight is 267 g/mol. The minimum absolute atomic E-state index is 0.00339. The second-order valence-corrected chi connectivity index (χ2v) is 4.01. The molecule has 0 aliphatic rings.